The smallest absolute Gasteiger partial charge is 0.225 e. The zero-order chi connectivity index (χ0) is 25.9. The molecule has 0 atom stereocenters. The van der Waals surface area contributed by atoms with E-state index in [1.54, 1.807) is 12.4 Å². The lowest BCUT2D eigenvalue weighted by atomic mass is 10.0. The van der Waals surface area contributed by atoms with Gasteiger partial charge in [-0.2, -0.15) is 10.1 Å². The molecule has 9 heteroatoms. The molecular formula is C28H33N7O2. The molecule has 192 valence electrons. The molecule has 0 unspecified atom stereocenters. The van der Waals surface area contributed by atoms with E-state index in [4.69, 9.17) is 14.8 Å². The first-order valence-electron chi connectivity index (χ1n) is 12.8. The number of fused-ring (bicyclic) bond motifs is 1. The molecule has 9 nitrogen and oxygen atoms in total. The van der Waals surface area contributed by atoms with E-state index in [-0.39, 0.29) is 5.91 Å². The van der Waals surface area contributed by atoms with Crippen molar-refractivity contribution in [2.75, 3.05) is 37.7 Å². The van der Waals surface area contributed by atoms with Gasteiger partial charge in [-0.15, -0.1) is 0 Å². The number of rotatable bonds is 7. The molecule has 0 bridgehead atoms. The van der Waals surface area contributed by atoms with Crippen LogP contribution in [0.4, 0.5) is 5.95 Å². The van der Waals surface area contributed by atoms with Crippen LogP contribution in [0.15, 0.2) is 42.7 Å². The van der Waals surface area contributed by atoms with Crippen LogP contribution in [0.1, 0.15) is 35.7 Å². The maximum Gasteiger partial charge on any atom is 0.225 e. The summed E-state index contributed by atoms with van der Waals surface area (Å²) < 4.78 is 7.88. The highest BCUT2D eigenvalue weighted by Gasteiger charge is 2.24. The van der Waals surface area contributed by atoms with Crippen LogP contribution in [-0.2, 0) is 11.2 Å². The maximum atomic E-state index is 13.1. The van der Waals surface area contributed by atoms with Crippen LogP contribution >= 0.6 is 0 Å². The van der Waals surface area contributed by atoms with Crippen molar-refractivity contribution in [3.8, 4) is 11.6 Å². The predicted molar refractivity (Wildman–Crippen MR) is 143 cm³/mol. The topological polar surface area (TPSA) is 89.3 Å². The molecule has 0 spiro atoms. The molecule has 0 aliphatic carbocycles. The molecule has 5 rings (SSSR count). The fourth-order valence-corrected chi connectivity index (χ4v) is 5.02. The average Bonchev–Trinajstić information content (AvgIpc) is 3.25. The van der Waals surface area contributed by atoms with Crippen molar-refractivity contribution in [2.24, 2.45) is 0 Å². The van der Waals surface area contributed by atoms with E-state index in [1.807, 2.05) is 41.6 Å². The Morgan fingerprint density at radius 3 is 2.49 bits per heavy atom. The molecule has 4 aromatic rings. The van der Waals surface area contributed by atoms with Gasteiger partial charge in [0.05, 0.1) is 18.0 Å². The zero-order valence-electron chi connectivity index (χ0n) is 21.9. The van der Waals surface area contributed by atoms with Gasteiger partial charge in [0, 0.05) is 55.9 Å². The molecule has 0 saturated carbocycles. The Morgan fingerprint density at radius 2 is 1.78 bits per heavy atom. The maximum absolute atomic E-state index is 13.1. The van der Waals surface area contributed by atoms with Gasteiger partial charge in [0.1, 0.15) is 0 Å². The summed E-state index contributed by atoms with van der Waals surface area (Å²) in [6.45, 7) is 11.4. The van der Waals surface area contributed by atoms with E-state index in [2.05, 4.69) is 40.8 Å². The molecular weight excluding hydrogens is 466 g/mol. The van der Waals surface area contributed by atoms with Crippen molar-refractivity contribution in [3.63, 3.8) is 0 Å². The van der Waals surface area contributed by atoms with Gasteiger partial charge in [-0.25, -0.2) is 14.6 Å². The Labute approximate surface area is 217 Å². The standard InChI is InChI=1S/C28H33N7O2/c1-5-37-27-23(10-11-24(36)33-14-16-34(17-15-33)28-29-12-7-13-30-28)20(3)25-21(4)32-35(26(25)31-27)22-9-6-8-19(2)18-22/h6-9,12-13,18H,5,10-11,14-17H2,1-4H3. The first kappa shape index (κ1) is 24.7. The van der Waals surface area contributed by atoms with Gasteiger partial charge in [0.15, 0.2) is 5.65 Å². The number of aromatic nitrogens is 5. The quantitative estimate of drug-likeness (QED) is 0.382. The van der Waals surface area contributed by atoms with Crippen molar-refractivity contribution < 1.29 is 9.53 Å². The van der Waals surface area contributed by atoms with E-state index < -0.39 is 0 Å². The molecule has 1 fully saturated rings. The van der Waals surface area contributed by atoms with Crippen molar-refractivity contribution in [3.05, 3.63) is 65.1 Å². The minimum atomic E-state index is 0.141. The number of anilines is 1. The highest BCUT2D eigenvalue weighted by molar-refractivity contribution is 5.86. The second kappa shape index (κ2) is 10.5. The summed E-state index contributed by atoms with van der Waals surface area (Å²) >= 11 is 0. The molecule has 0 radical (unpaired) electrons. The fourth-order valence-electron chi connectivity index (χ4n) is 5.02. The van der Waals surface area contributed by atoms with Crippen molar-refractivity contribution in [1.29, 1.82) is 0 Å². The van der Waals surface area contributed by atoms with E-state index in [1.165, 1.54) is 0 Å². The Kier molecular flexibility index (Phi) is 7.03. The van der Waals surface area contributed by atoms with E-state index in [0.29, 0.717) is 44.4 Å². The number of pyridine rings is 1. The van der Waals surface area contributed by atoms with Gasteiger partial charge in [-0.05, 0) is 63.4 Å². The van der Waals surface area contributed by atoms with Crippen LogP contribution in [-0.4, -0.2) is 68.3 Å². The normalized spacial score (nSPS) is 13.8. The van der Waals surface area contributed by atoms with E-state index in [9.17, 15) is 4.79 Å². The van der Waals surface area contributed by atoms with Crippen LogP contribution in [0, 0.1) is 20.8 Å². The van der Waals surface area contributed by atoms with Crippen molar-refractivity contribution in [1.82, 2.24) is 29.6 Å². The molecule has 37 heavy (non-hydrogen) atoms. The number of ether oxygens (including phenoxy) is 1. The van der Waals surface area contributed by atoms with Crippen molar-refractivity contribution >= 4 is 22.9 Å². The Balaban J connectivity index is 1.36. The Morgan fingerprint density at radius 1 is 1.03 bits per heavy atom. The predicted octanol–water partition coefficient (Wildman–Crippen LogP) is 3.82. The second-order valence-electron chi connectivity index (χ2n) is 9.40. The van der Waals surface area contributed by atoms with Crippen molar-refractivity contribution in [2.45, 2.75) is 40.5 Å². The monoisotopic (exact) mass is 499 g/mol. The largest absolute Gasteiger partial charge is 0.478 e. The summed E-state index contributed by atoms with van der Waals surface area (Å²) in [5, 5.41) is 5.83. The molecule has 1 saturated heterocycles. The van der Waals surface area contributed by atoms with Gasteiger partial charge in [0.2, 0.25) is 17.7 Å². The molecule has 1 aliphatic heterocycles. The molecule has 3 aromatic heterocycles. The summed E-state index contributed by atoms with van der Waals surface area (Å²) in [5.74, 6) is 1.44. The van der Waals surface area contributed by atoms with Crippen LogP contribution in [0.25, 0.3) is 16.7 Å². The Hall–Kier alpha value is -4.01. The molecule has 1 amide bonds. The number of amides is 1. The third-order valence-corrected chi connectivity index (χ3v) is 6.91. The first-order valence-corrected chi connectivity index (χ1v) is 12.8. The number of carbonyl (C=O) groups excluding carboxylic acids is 1. The molecule has 1 aliphatic rings. The van der Waals surface area contributed by atoms with E-state index in [0.717, 1.165) is 52.2 Å². The first-order chi connectivity index (χ1) is 18.0. The van der Waals surface area contributed by atoms with Gasteiger partial charge in [-0.3, -0.25) is 4.79 Å². The Bertz CT molecular complexity index is 1410. The number of hydrogen-bond donors (Lipinski definition) is 0. The summed E-state index contributed by atoms with van der Waals surface area (Å²) in [7, 11) is 0. The number of carbonyl (C=O) groups is 1. The third-order valence-electron chi connectivity index (χ3n) is 6.91. The van der Waals surface area contributed by atoms with Crippen LogP contribution in [0.2, 0.25) is 0 Å². The number of aryl methyl sites for hydroxylation is 3. The number of piperazine rings is 1. The molecule has 1 aromatic carbocycles. The summed E-state index contributed by atoms with van der Waals surface area (Å²) in [6, 6.07) is 10.0. The molecule has 4 heterocycles. The minimum absolute atomic E-state index is 0.141. The molecule has 0 N–H and O–H groups in total. The number of benzene rings is 1. The van der Waals surface area contributed by atoms with E-state index >= 15 is 0 Å². The van der Waals surface area contributed by atoms with Crippen LogP contribution in [0.3, 0.4) is 0 Å². The third kappa shape index (κ3) is 4.98. The minimum Gasteiger partial charge on any atom is -0.478 e. The second-order valence-corrected chi connectivity index (χ2v) is 9.40. The summed E-state index contributed by atoms with van der Waals surface area (Å²) in [6.07, 6.45) is 4.46. The van der Waals surface area contributed by atoms with Crippen LogP contribution < -0.4 is 9.64 Å². The summed E-state index contributed by atoms with van der Waals surface area (Å²) in [5.41, 5.74) is 5.87. The lowest BCUT2D eigenvalue weighted by Crippen LogP contribution is -2.49. The highest BCUT2D eigenvalue weighted by Crippen LogP contribution is 2.32. The summed E-state index contributed by atoms with van der Waals surface area (Å²) in [4.78, 5) is 30.8. The lowest BCUT2D eigenvalue weighted by Gasteiger charge is -2.34. The van der Waals surface area contributed by atoms with Gasteiger partial charge in [-0.1, -0.05) is 12.1 Å². The van der Waals surface area contributed by atoms with Gasteiger partial charge >= 0.3 is 0 Å². The van der Waals surface area contributed by atoms with Crippen LogP contribution in [0.5, 0.6) is 5.88 Å². The number of nitrogens with zero attached hydrogens (tertiary/aromatic N) is 7. The number of hydrogen-bond acceptors (Lipinski definition) is 7. The average molecular weight is 500 g/mol. The lowest BCUT2D eigenvalue weighted by molar-refractivity contribution is -0.131. The SMILES string of the molecule is CCOc1nc2c(c(C)nn2-c2cccc(C)c2)c(C)c1CCC(=O)N1CCN(c2ncccn2)CC1. The van der Waals surface area contributed by atoms with Gasteiger partial charge in [0.25, 0.3) is 0 Å². The zero-order valence-corrected chi connectivity index (χ0v) is 21.9. The fraction of sp³-hybridized carbons (Fsp3) is 0.393. The van der Waals surface area contributed by atoms with Gasteiger partial charge < -0.3 is 14.5 Å². The highest BCUT2D eigenvalue weighted by atomic mass is 16.5.